The van der Waals surface area contributed by atoms with Crippen LogP contribution in [-0.4, -0.2) is 61.3 Å². The third-order valence-corrected chi connectivity index (χ3v) is 5.94. The first kappa shape index (κ1) is 20.5. The molecule has 0 aromatic heterocycles. The van der Waals surface area contributed by atoms with Crippen molar-refractivity contribution >= 4 is 25.0 Å². The minimum atomic E-state index is -1.81. The van der Waals surface area contributed by atoms with Crippen molar-refractivity contribution in [3.8, 4) is 0 Å². The number of aliphatic hydroxyl groups is 1. The van der Waals surface area contributed by atoms with E-state index >= 15 is 0 Å². The number of aliphatic hydroxyl groups excluding tert-OH is 1. The van der Waals surface area contributed by atoms with Gasteiger partial charge in [-0.3, -0.25) is 0 Å². The Kier molecular flexibility index (Phi) is 6.65. The summed E-state index contributed by atoms with van der Waals surface area (Å²) in [5.74, 6) is 0. The number of ether oxygens (including phenoxy) is 1. The summed E-state index contributed by atoms with van der Waals surface area (Å²) in [6.45, 7) is 19.6. The Balaban J connectivity index is 2.87. The topological polar surface area (TPSA) is 57.2 Å². The van der Waals surface area contributed by atoms with Crippen LogP contribution in [0, 0.1) is 0 Å². The van der Waals surface area contributed by atoms with Gasteiger partial charge in [0.05, 0.1) is 6.61 Å². The normalized spacial score (nSPS) is 30.8. The van der Waals surface area contributed by atoms with Crippen molar-refractivity contribution in [2.24, 2.45) is 0 Å². The average molecular weight is 367 g/mol. The van der Waals surface area contributed by atoms with Crippen molar-refractivity contribution in [2.75, 3.05) is 6.61 Å². The molecule has 5 nitrogen and oxygen atoms in total. The molecule has 132 valence electrons. The predicted molar refractivity (Wildman–Crippen MR) is 96.6 cm³/mol. The smallest absolute Gasteiger partial charge is 0.184 e. The van der Waals surface area contributed by atoms with E-state index in [9.17, 15) is 5.11 Å². The maximum absolute atomic E-state index is 10.3. The SMILES string of the molecule is C[Si](C)(C)OC[C@H]1O[C@@H](O)[C@H](O[Si](C)(C)C)[C@@H]1O[Si](C)(C)C. The van der Waals surface area contributed by atoms with Gasteiger partial charge in [-0.2, -0.15) is 0 Å². The summed E-state index contributed by atoms with van der Waals surface area (Å²) >= 11 is 0. The highest BCUT2D eigenvalue weighted by molar-refractivity contribution is 6.70. The molecular weight excluding hydrogens is 332 g/mol. The van der Waals surface area contributed by atoms with Gasteiger partial charge < -0.3 is 23.1 Å². The maximum Gasteiger partial charge on any atom is 0.184 e. The van der Waals surface area contributed by atoms with Gasteiger partial charge in [0, 0.05) is 0 Å². The van der Waals surface area contributed by atoms with Crippen molar-refractivity contribution in [1.82, 2.24) is 0 Å². The van der Waals surface area contributed by atoms with Crippen molar-refractivity contribution in [1.29, 1.82) is 0 Å². The summed E-state index contributed by atoms with van der Waals surface area (Å²) in [7, 11) is -5.23. The first-order valence-corrected chi connectivity index (χ1v) is 18.2. The zero-order valence-corrected chi connectivity index (χ0v) is 18.6. The monoisotopic (exact) mass is 366 g/mol. The van der Waals surface area contributed by atoms with Crippen LogP contribution in [0.5, 0.6) is 0 Å². The molecule has 1 N–H and O–H groups in total. The average Bonchev–Trinajstić information content (AvgIpc) is 2.49. The van der Waals surface area contributed by atoms with E-state index in [0.717, 1.165) is 0 Å². The van der Waals surface area contributed by atoms with Gasteiger partial charge in [-0.25, -0.2) is 0 Å². The van der Waals surface area contributed by atoms with E-state index in [-0.39, 0.29) is 12.2 Å². The van der Waals surface area contributed by atoms with Gasteiger partial charge in [-0.15, -0.1) is 0 Å². The van der Waals surface area contributed by atoms with Gasteiger partial charge in [-0.1, -0.05) is 0 Å². The lowest BCUT2D eigenvalue weighted by molar-refractivity contribution is -0.128. The minimum Gasteiger partial charge on any atom is -0.415 e. The Hall–Kier alpha value is 0.451. The molecule has 0 unspecified atom stereocenters. The van der Waals surface area contributed by atoms with Gasteiger partial charge in [0.1, 0.15) is 18.3 Å². The van der Waals surface area contributed by atoms with Gasteiger partial charge in [0.15, 0.2) is 31.2 Å². The molecule has 8 heteroatoms. The molecule has 1 heterocycles. The van der Waals surface area contributed by atoms with Crippen LogP contribution in [0.3, 0.4) is 0 Å². The van der Waals surface area contributed by atoms with Crippen LogP contribution in [-0.2, 0) is 18.0 Å². The van der Waals surface area contributed by atoms with Crippen LogP contribution < -0.4 is 0 Å². The van der Waals surface area contributed by atoms with E-state index < -0.39 is 37.3 Å². The fourth-order valence-corrected chi connectivity index (χ4v) is 5.09. The lowest BCUT2D eigenvalue weighted by atomic mass is 10.1. The number of rotatable bonds is 7. The molecule has 1 rings (SSSR count). The first-order chi connectivity index (χ1) is 9.68. The van der Waals surface area contributed by atoms with Crippen LogP contribution in [0.2, 0.25) is 58.9 Å². The van der Waals surface area contributed by atoms with E-state index in [2.05, 4.69) is 58.9 Å². The highest BCUT2D eigenvalue weighted by Gasteiger charge is 2.48. The van der Waals surface area contributed by atoms with Gasteiger partial charge >= 0.3 is 0 Å². The van der Waals surface area contributed by atoms with Crippen LogP contribution in [0.1, 0.15) is 0 Å². The fraction of sp³-hybridized carbons (Fsp3) is 1.00. The quantitative estimate of drug-likeness (QED) is 0.702. The van der Waals surface area contributed by atoms with Crippen molar-refractivity contribution < 1.29 is 23.1 Å². The van der Waals surface area contributed by atoms with Crippen LogP contribution >= 0.6 is 0 Å². The maximum atomic E-state index is 10.3. The molecule has 0 radical (unpaired) electrons. The standard InChI is InChI=1S/C14H34O5Si3/c1-20(2,3)16-10-11-12(18-21(4,5)6)13(14(15)17-11)19-22(7,8)9/h11-15H,10H2,1-9H3/t11-,12-,13-,14-/m1/s1. The summed E-state index contributed by atoms with van der Waals surface area (Å²) in [6.07, 6.45) is -1.89. The second kappa shape index (κ2) is 7.14. The van der Waals surface area contributed by atoms with E-state index in [1.807, 2.05) is 0 Å². The van der Waals surface area contributed by atoms with Crippen LogP contribution in [0.15, 0.2) is 0 Å². The molecule has 0 bridgehead atoms. The van der Waals surface area contributed by atoms with Gasteiger partial charge in [0.25, 0.3) is 0 Å². The Morgan fingerprint density at radius 1 is 0.773 bits per heavy atom. The molecule has 1 fully saturated rings. The van der Waals surface area contributed by atoms with Crippen molar-refractivity contribution in [3.63, 3.8) is 0 Å². The Labute approximate surface area is 138 Å². The summed E-state index contributed by atoms with van der Waals surface area (Å²) in [6, 6.07) is 0. The molecule has 0 aromatic rings. The van der Waals surface area contributed by atoms with E-state index in [1.54, 1.807) is 0 Å². The zero-order valence-electron chi connectivity index (χ0n) is 15.6. The third-order valence-electron chi connectivity index (χ3n) is 2.95. The summed E-state index contributed by atoms with van der Waals surface area (Å²) in [5.41, 5.74) is 0. The summed E-state index contributed by atoms with van der Waals surface area (Å²) < 4.78 is 24.1. The second-order valence-electron chi connectivity index (χ2n) is 8.88. The molecule has 0 saturated carbocycles. The van der Waals surface area contributed by atoms with Crippen LogP contribution in [0.25, 0.3) is 0 Å². The molecule has 1 aliphatic heterocycles. The summed E-state index contributed by atoms with van der Waals surface area (Å²) in [4.78, 5) is 0. The second-order valence-corrected chi connectivity index (χ2v) is 22.3. The van der Waals surface area contributed by atoms with Gasteiger partial charge in [-0.05, 0) is 58.9 Å². The van der Waals surface area contributed by atoms with E-state index in [4.69, 9.17) is 18.0 Å². The molecule has 4 atom stereocenters. The Morgan fingerprint density at radius 2 is 1.23 bits per heavy atom. The van der Waals surface area contributed by atoms with Gasteiger partial charge in [0.2, 0.25) is 0 Å². The largest absolute Gasteiger partial charge is 0.415 e. The molecular formula is C14H34O5Si3. The highest BCUT2D eigenvalue weighted by atomic mass is 28.4. The van der Waals surface area contributed by atoms with E-state index in [0.29, 0.717) is 6.61 Å². The zero-order chi connectivity index (χ0) is 17.3. The predicted octanol–water partition coefficient (Wildman–Crippen LogP) is 3.00. The third kappa shape index (κ3) is 7.35. The molecule has 0 spiro atoms. The fourth-order valence-electron chi connectivity index (χ4n) is 2.26. The molecule has 22 heavy (non-hydrogen) atoms. The minimum absolute atomic E-state index is 0.259. The lowest BCUT2D eigenvalue weighted by Gasteiger charge is -2.33. The van der Waals surface area contributed by atoms with E-state index in [1.165, 1.54) is 0 Å². The molecule has 0 aromatic carbocycles. The molecule has 1 saturated heterocycles. The Morgan fingerprint density at radius 3 is 1.64 bits per heavy atom. The van der Waals surface area contributed by atoms with Crippen molar-refractivity contribution in [2.45, 2.75) is 83.5 Å². The Bertz CT molecular complexity index is 359. The molecule has 0 aliphatic carbocycles. The lowest BCUT2D eigenvalue weighted by Crippen LogP contribution is -2.49. The molecule has 0 amide bonds. The highest BCUT2D eigenvalue weighted by Crippen LogP contribution is 2.30. The number of hydrogen-bond acceptors (Lipinski definition) is 5. The van der Waals surface area contributed by atoms with Crippen LogP contribution in [0.4, 0.5) is 0 Å². The number of hydrogen-bond donors (Lipinski definition) is 1. The first-order valence-electron chi connectivity index (χ1n) is 8.01. The summed E-state index contributed by atoms with van der Waals surface area (Å²) in [5, 5.41) is 10.3. The van der Waals surface area contributed by atoms with Crippen molar-refractivity contribution in [3.05, 3.63) is 0 Å². The molecule has 1 aliphatic rings.